The van der Waals surface area contributed by atoms with Crippen molar-refractivity contribution in [2.24, 2.45) is 5.92 Å². The van der Waals surface area contributed by atoms with Gasteiger partial charge in [0.15, 0.2) is 0 Å². The van der Waals surface area contributed by atoms with Crippen molar-refractivity contribution < 1.29 is 14.4 Å². The Morgan fingerprint density at radius 1 is 0.931 bits per heavy atom. The predicted octanol–water partition coefficient (Wildman–Crippen LogP) is 3.28. The predicted molar refractivity (Wildman–Crippen MR) is 113 cm³/mol. The molecule has 0 radical (unpaired) electrons. The molecule has 3 rings (SSSR count). The number of aryl methyl sites for hydroxylation is 1. The van der Waals surface area contributed by atoms with E-state index in [1.165, 1.54) is 0 Å². The van der Waals surface area contributed by atoms with E-state index in [4.69, 9.17) is 0 Å². The Kier molecular flexibility index (Phi) is 6.32. The summed E-state index contributed by atoms with van der Waals surface area (Å²) >= 11 is 0. The maximum Gasteiger partial charge on any atom is 0.251 e. The first-order chi connectivity index (χ1) is 13.8. The standard InChI is InChI=1S/C23H27N3O3/c1-14(2)20(26-21(27)16-9-7-15(3)8-10-16)23(29)25-19-6-4-5-17(13-19)22(28)24-18-11-12-18/h4-10,13-14,18,20H,11-12H2,1-3H3,(H,24,28)(H,25,29)(H,26,27)/t20-/m0/s1. The minimum absolute atomic E-state index is 0.106. The summed E-state index contributed by atoms with van der Waals surface area (Å²) in [7, 11) is 0. The van der Waals surface area contributed by atoms with Gasteiger partial charge < -0.3 is 16.0 Å². The van der Waals surface area contributed by atoms with E-state index in [1.807, 2.05) is 32.9 Å². The fourth-order valence-corrected chi connectivity index (χ4v) is 2.92. The average molecular weight is 393 g/mol. The van der Waals surface area contributed by atoms with Crippen molar-refractivity contribution in [1.82, 2.24) is 10.6 Å². The van der Waals surface area contributed by atoms with Crippen LogP contribution in [0.15, 0.2) is 48.5 Å². The van der Waals surface area contributed by atoms with Crippen LogP contribution < -0.4 is 16.0 Å². The third-order valence-electron chi connectivity index (χ3n) is 4.85. The van der Waals surface area contributed by atoms with Crippen LogP contribution in [0.5, 0.6) is 0 Å². The monoisotopic (exact) mass is 393 g/mol. The molecule has 0 bridgehead atoms. The number of rotatable bonds is 7. The molecule has 2 aromatic rings. The molecule has 1 aliphatic carbocycles. The van der Waals surface area contributed by atoms with E-state index in [2.05, 4.69) is 16.0 Å². The van der Waals surface area contributed by atoms with Gasteiger partial charge in [-0.1, -0.05) is 37.6 Å². The molecule has 6 nitrogen and oxygen atoms in total. The molecule has 29 heavy (non-hydrogen) atoms. The van der Waals surface area contributed by atoms with Gasteiger partial charge in [-0.15, -0.1) is 0 Å². The summed E-state index contributed by atoms with van der Waals surface area (Å²) in [6.45, 7) is 5.70. The lowest BCUT2D eigenvalue weighted by atomic mass is 10.0. The highest BCUT2D eigenvalue weighted by molar-refractivity contribution is 6.02. The number of amides is 3. The van der Waals surface area contributed by atoms with Gasteiger partial charge in [-0.05, 0) is 56.0 Å². The molecule has 1 fully saturated rings. The van der Waals surface area contributed by atoms with Crippen molar-refractivity contribution in [3.8, 4) is 0 Å². The van der Waals surface area contributed by atoms with E-state index >= 15 is 0 Å². The lowest BCUT2D eigenvalue weighted by Gasteiger charge is -2.22. The number of hydrogen-bond acceptors (Lipinski definition) is 3. The summed E-state index contributed by atoms with van der Waals surface area (Å²) in [5.74, 6) is -0.862. The van der Waals surface area contributed by atoms with Gasteiger partial charge in [-0.25, -0.2) is 0 Å². The van der Waals surface area contributed by atoms with E-state index in [-0.39, 0.29) is 29.7 Å². The van der Waals surface area contributed by atoms with Crippen LogP contribution in [0.3, 0.4) is 0 Å². The van der Waals surface area contributed by atoms with Crippen LogP contribution in [0.2, 0.25) is 0 Å². The van der Waals surface area contributed by atoms with Gasteiger partial charge in [0.05, 0.1) is 0 Å². The number of benzene rings is 2. The summed E-state index contributed by atoms with van der Waals surface area (Å²) in [5.41, 5.74) is 2.59. The third kappa shape index (κ3) is 5.67. The van der Waals surface area contributed by atoms with Gasteiger partial charge in [-0.2, -0.15) is 0 Å². The van der Waals surface area contributed by atoms with Crippen LogP contribution >= 0.6 is 0 Å². The van der Waals surface area contributed by atoms with Gasteiger partial charge in [0, 0.05) is 22.9 Å². The molecular formula is C23H27N3O3. The Bertz CT molecular complexity index is 902. The highest BCUT2D eigenvalue weighted by Gasteiger charge is 2.26. The van der Waals surface area contributed by atoms with Crippen LogP contribution in [-0.2, 0) is 4.79 Å². The van der Waals surface area contributed by atoms with Crippen molar-refractivity contribution in [1.29, 1.82) is 0 Å². The highest BCUT2D eigenvalue weighted by Crippen LogP contribution is 2.20. The largest absolute Gasteiger partial charge is 0.349 e. The highest BCUT2D eigenvalue weighted by atomic mass is 16.2. The second kappa shape index (κ2) is 8.90. The molecule has 3 amide bonds. The SMILES string of the molecule is Cc1ccc(C(=O)N[C@H](C(=O)Nc2cccc(C(=O)NC3CC3)c2)C(C)C)cc1. The second-order valence-corrected chi connectivity index (χ2v) is 7.88. The zero-order chi connectivity index (χ0) is 21.0. The maximum atomic E-state index is 12.8. The Morgan fingerprint density at radius 3 is 2.24 bits per heavy atom. The van der Waals surface area contributed by atoms with Crippen LogP contribution in [0.4, 0.5) is 5.69 Å². The zero-order valence-corrected chi connectivity index (χ0v) is 17.0. The average Bonchev–Trinajstić information content (AvgIpc) is 3.50. The van der Waals surface area contributed by atoms with Gasteiger partial charge in [0.2, 0.25) is 5.91 Å². The number of nitrogens with one attached hydrogen (secondary N) is 3. The molecule has 0 aromatic heterocycles. The Hall–Kier alpha value is -3.15. The van der Waals surface area contributed by atoms with Crippen molar-refractivity contribution in [3.63, 3.8) is 0 Å². The number of anilines is 1. The van der Waals surface area contributed by atoms with E-state index in [9.17, 15) is 14.4 Å². The zero-order valence-electron chi connectivity index (χ0n) is 17.0. The van der Waals surface area contributed by atoms with E-state index in [0.29, 0.717) is 16.8 Å². The number of hydrogen-bond donors (Lipinski definition) is 3. The summed E-state index contributed by atoms with van der Waals surface area (Å²) in [4.78, 5) is 37.6. The second-order valence-electron chi connectivity index (χ2n) is 7.88. The van der Waals surface area contributed by atoms with Gasteiger partial charge in [0.25, 0.3) is 11.8 Å². The molecule has 2 aromatic carbocycles. The lowest BCUT2D eigenvalue weighted by Crippen LogP contribution is -2.47. The van der Waals surface area contributed by atoms with Crippen molar-refractivity contribution >= 4 is 23.4 Å². The van der Waals surface area contributed by atoms with E-state index < -0.39 is 6.04 Å². The Labute approximate surface area is 171 Å². The van der Waals surface area contributed by atoms with Gasteiger partial charge in [-0.3, -0.25) is 14.4 Å². The van der Waals surface area contributed by atoms with E-state index in [0.717, 1.165) is 18.4 Å². The Morgan fingerprint density at radius 2 is 1.62 bits per heavy atom. The normalized spacial score (nSPS) is 14.2. The van der Waals surface area contributed by atoms with Crippen LogP contribution in [0.25, 0.3) is 0 Å². The molecule has 1 aliphatic rings. The molecular weight excluding hydrogens is 366 g/mol. The smallest absolute Gasteiger partial charge is 0.251 e. The Balaban J connectivity index is 1.67. The molecule has 1 saturated carbocycles. The first-order valence-corrected chi connectivity index (χ1v) is 9.93. The number of carbonyl (C=O) groups excluding carboxylic acids is 3. The van der Waals surface area contributed by atoms with Crippen molar-refractivity contribution in [3.05, 3.63) is 65.2 Å². The van der Waals surface area contributed by atoms with Crippen LogP contribution in [-0.4, -0.2) is 29.8 Å². The fourth-order valence-electron chi connectivity index (χ4n) is 2.92. The molecule has 152 valence electrons. The minimum Gasteiger partial charge on any atom is -0.349 e. The first kappa shape index (κ1) is 20.6. The molecule has 0 aliphatic heterocycles. The first-order valence-electron chi connectivity index (χ1n) is 9.93. The van der Waals surface area contributed by atoms with Crippen molar-refractivity contribution in [2.75, 3.05) is 5.32 Å². The third-order valence-corrected chi connectivity index (χ3v) is 4.85. The summed E-state index contributed by atoms with van der Waals surface area (Å²) < 4.78 is 0. The molecule has 0 unspecified atom stereocenters. The molecule has 0 spiro atoms. The lowest BCUT2D eigenvalue weighted by molar-refractivity contribution is -0.118. The van der Waals surface area contributed by atoms with E-state index in [1.54, 1.807) is 36.4 Å². The fraction of sp³-hybridized carbons (Fsp3) is 0.348. The number of carbonyl (C=O) groups is 3. The van der Waals surface area contributed by atoms with Gasteiger partial charge in [0.1, 0.15) is 6.04 Å². The van der Waals surface area contributed by atoms with Crippen LogP contribution in [0.1, 0.15) is 53.0 Å². The molecule has 3 N–H and O–H groups in total. The summed E-state index contributed by atoms with van der Waals surface area (Å²) in [6.07, 6.45) is 2.03. The topological polar surface area (TPSA) is 87.3 Å². The van der Waals surface area contributed by atoms with Crippen molar-refractivity contribution in [2.45, 2.75) is 45.7 Å². The molecule has 1 atom stereocenters. The molecule has 0 saturated heterocycles. The molecule has 6 heteroatoms. The quantitative estimate of drug-likeness (QED) is 0.675. The summed E-state index contributed by atoms with van der Waals surface area (Å²) in [6, 6.07) is 13.6. The molecule has 0 heterocycles. The summed E-state index contributed by atoms with van der Waals surface area (Å²) in [5, 5.41) is 8.56. The maximum absolute atomic E-state index is 12.8. The van der Waals surface area contributed by atoms with Crippen LogP contribution in [0, 0.1) is 12.8 Å². The van der Waals surface area contributed by atoms with Gasteiger partial charge >= 0.3 is 0 Å². The minimum atomic E-state index is -0.701.